The van der Waals surface area contributed by atoms with E-state index in [1.54, 1.807) is 12.1 Å². The maximum Gasteiger partial charge on any atom is 0.323 e. The first-order valence-electron chi connectivity index (χ1n) is 13.2. The summed E-state index contributed by atoms with van der Waals surface area (Å²) in [5.41, 5.74) is 8.87. The fourth-order valence-electron chi connectivity index (χ4n) is 6.30. The molecule has 3 amide bonds. The van der Waals surface area contributed by atoms with Crippen molar-refractivity contribution < 1.29 is 14.0 Å². The van der Waals surface area contributed by atoms with Crippen LogP contribution in [0.25, 0.3) is 32.9 Å². The molecule has 2 aromatic heterocycles. The first kappa shape index (κ1) is 23.5. The van der Waals surface area contributed by atoms with E-state index in [4.69, 9.17) is 0 Å². The highest BCUT2D eigenvalue weighted by Crippen LogP contribution is 2.47. The third kappa shape index (κ3) is 3.53. The van der Waals surface area contributed by atoms with Crippen LogP contribution in [0.3, 0.4) is 0 Å². The summed E-state index contributed by atoms with van der Waals surface area (Å²) < 4.78 is 18.2. The van der Waals surface area contributed by atoms with Gasteiger partial charge in [0, 0.05) is 59.4 Å². The number of carbonyl (C=O) groups is 2. The van der Waals surface area contributed by atoms with Crippen LogP contribution < -0.4 is 16.0 Å². The number of fused-ring (bicyclic) bond motifs is 10. The fourth-order valence-corrected chi connectivity index (χ4v) is 6.30. The fraction of sp³-hybridized carbons (Fsp3) is 0.233. The Balaban J connectivity index is 1.43. The van der Waals surface area contributed by atoms with Crippen LogP contribution in [0.1, 0.15) is 40.5 Å². The molecule has 196 valence electrons. The van der Waals surface area contributed by atoms with Crippen molar-refractivity contribution in [2.45, 2.75) is 39.3 Å². The minimum atomic E-state index is -0.527. The summed E-state index contributed by atoms with van der Waals surface area (Å²) in [7, 11) is 1.92. The Hall–Kier alpha value is -4.66. The second-order valence-electron chi connectivity index (χ2n) is 10.2. The molecule has 2 aliphatic rings. The van der Waals surface area contributed by atoms with Crippen LogP contribution in [0.15, 0.2) is 48.7 Å². The molecule has 0 atom stereocenters. The van der Waals surface area contributed by atoms with Gasteiger partial charge in [-0.2, -0.15) is 5.10 Å². The summed E-state index contributed by atoms with van der Waals surface area (Å²) in [6, 6.07) is 11.4. The van der Waals surface area contributed by atoms with Crippen molar-refractivity contribution in [3.8, 4) is 11.1 Å². The Morgan fingerprint density at radius 1 is 1.10 bits per heavy atom. The first-order chi connectivity index (χ1) is 18.9. The van der Waals surface area contributed by atoms with Gasteiger partial charge >= 0.3 is 6.03 Å². The van der Waals surface area contributed by atoms with Crippen LogP contribution in [0.2, 0.25) is 0 Å². The summed E-state index contributed by atoms with van der Waals surface area (Å²) in [6.07, 6.45) is 4.58. The van der Waals surface area contributed by atoms with E-state index in [2.05, 4.69) is 32.5 Å². The molecule has 3 N–H and O–H groups in total. The number of aromatic nitrogens is 3. The number of amides is 3. The molecular formula is C30H27FN6O2. The highest BCUT2D eigenvalue weighted by atomic mass is 19.1. The lowest BCUT2D eigenvalue weighted by atomic mass is 9.82. The highest BCUT2D eigenvalue weighted by molar-refractivity contribution is 6.20. The SMILES string of the molecule is CCCn1c2ccc(NC(=O)Nc3ccccc3F)cc2c2c3c(c4c(c21)CCc1nn(C)cc1-4)C(=O)NC3. The van der Waals surface area contributed by atoms with Gasteiger partial charge < -0.3 is 20.5 Å². The number of anilines is 2. The van der Waals surface area contributed by atoms with Gasteiger partial charge in [-0.25, -0.2) is 9.18 Å². The first-order valence-corrected chi connectivity index (χ1v) is 13.2. The number of nitrogens with one attached hydrogen (secondary N) is 3. The van der Waals surface area contributed by atoms with E-state index in [9.17, 15) is 14.0 Å². The topological polar surface area (TPSA) is 93.0 Å². The Bertz CT molecular complexity index is 1850. The van der Waals surface area contributed by atoms with Gasteiger partial charge in [-0.3, -0.25) is 9.48 Å². The molecule has 7 rings (SSSR count). The Morgan fingerprint density at radius 3 is 2.77 bits per heavy atom. The summed E-state index contributed by atoms with van der Waals surface area (Å²) in [6.45, 7) is 3.43. The predicted molar refractivity (Wildman–Crippen MR) is 150 cm³/mol. The predicted octanol–water partition coefficient (Wildman–Crippen LogP) is 5.73. The third-order valence-corrected chi connectivity index (χ3v) is 7.77. The smallest absolute Gasteiger partial charge is 0.323 e. The quantitative estimate of drug-likeness (QED) is 0.281. The zero-order valence-electron chi connectivity index (χ0n) is 21.7. The lowest BCUT2D eigenvalue weighted by Crippen LogP contribution is -2.20. The van der Waals surface area contributed by atoms with E-state index in [-0.39, 0.29) is 11.6 Å². The monoisotopic (exact) mass is 522 g/mol. The van der Waals surface area contributed by atoms with Gasteiger partial charge in [0.05, 0.1) is 22.5 Å². The summed E-state index contributed by atoms with van der Waals surface area (Å²) in [4.78, 5) is 26.0. The molecule has 0 bridgehead atoms. The summed E-state index contributed by atoms with van der Waals surface area (Å²) in [5, 5.41) is 15.2. The zero-order valence-corrected chi connectivity index (χ0v) is 21.7. The number of urea groups is 1. The van der Waals surface area contributed by atoms with Crippen molar-refractivity contribution in [1.82, 2.24) is 19.7 Å². The largest absolute Gasteiger partial charge is 0.348 e. The van der Waals surface area contributed by atoms with Gasteiger partial charge in [0.25, 0.3) is 5.91 Å². The molecule has 5 aromatic rings. The molecule has 0 radical (unpaired) electrons. The number of hydrogen-bond donors (Lipinski definition) is 3. The molecule has 3 aromatic carbocycles. The van der Waals surface area contributed by atoms with E-state index < -0.39 is 11.8 Å². The summed E-state index contributed by atoms with van der Waals surface area (Å²) >= 11 is 0. The van der Waals surface area contributed by atoms with Crippen LogP contribution in [-0.2, 0) is 33.0 Å². The van der Waals surface area contributed by atoms with Crippen LogP contribution in [0.4, 0.5) is 20.6 Å². The van der Waals surface area contributed by atoms with Gasteiger partial charge in [-0.15, -0.1) is 0 Å². The lowest BCUT2D eigenvalue weighted by Gasteiger charge is -2.21. The number of aryl methyl sites for hydroxylation is 4. The number of halogens is 1. The Labute approximate surface area is 223 Å². The van der Waals surface area contributed by atoms with E-state index in [0.717, 1.165) is 75.6 Å². The van der Waals surface area contributed by atoms with Gasteiger partial charge in [0.2, 0.25) is 0 Å². The van der Waals surface area contributed by atoms with Crippen molar-refractivity contribution in [3.05, 3.63) is 76.9 Å². The van der Waals surface area contributed by atoms with Crippen molar-refractivity contribution in [1.29, 1.82) is 0 Å². The molecule has 9 heteroatoms. The summed E-state index contributed by atoms with van der Waals surface area (Å²) in [5.74, 6) is -0.560. The number of carbonyl (C=O) groups excluding carboxylic acids is 2. The third-order valence-electron chi connectivity index (χ3n) is 7.77. The number of para-hydroxylation sites is 1. The normalized spacial score (nSPS) is 13.8. The average Bonchev–Trinajstić information content (AvgIpc) is 3.58. The van der Waals surface area contributed by atoms with Crippen LogP contribution in [-0.4, -0.2) is 26.3 Å². The highest BCUT2D eigenvalue weighted by Gasteiger charge is 2.35. The van der Waals surface area contributed by atoms with E-state index in [1.807, 2.05) is 36.1 Å². The van der Waals surface area contributed by atoms with Crippen molar-refractivity contribution in [2.24, 2.45) is 7.05 Å². The molecule has 0 saturated carbocycles. The second-order valence-corrected chi connectivity index (χ2v) is 10.2. The maximum atomic E-state index is 14.1. The second kappa shape index (κ2) is 8.69. The molecular weight excluding hydrogens is 495 g/mol. The van der Waals surface area contributed by atoms with Crippen molar-refractivity contribution in [3.63, 3.8) is 0 Å². The Kier molecular flexibility index (Phi) is 5.23. The number of nitrogens with zero attached hydrogens (tertiary/aromatic N) is 3. The molecule has 8 nitrogen and oxygen atoms in total. The molecule has 1 aliphatic carbocycles. The van der Waals surface area contributed by atoms with Crippen LogP contribution in [0.5, 0.6) is 0 Å². The van der Waals surface area contributed by atoms with Crippen LogP contribution in [0, 0.1) is 5.82 Å². The molecule has 0 saturated heterocycles. The van der Waals surface area contributed by atoms with E-state index in [0.29, 0.717) is 12.2 Å². The zero-order chi connectivity index (χ0) is 26.8. The number of rotatable bonds is 4. The number of benzene rings is 3. The molecule has 0 spiro atoms. The molecule has 1 aliphatic heterocycles. The minimum absolute atomic E-state index is 0.0604. The molecule has 39 heavy (non-hydrogen) atoms. The van der Waals surface area contributed by atoms with Gasteiger partial charge in [-0.05, 0) is 60.7 Å². The van der Waals surface area contributed by atoms with E-state index >= 15 is 0 Å². The van der Waals surface area contributed by atoms with Gasteiger partial charge in [0.1, 0.15) is 5.82 Å². The van der Waals surface area contributed by atoms with Gasteiger partial charge in [-0.1, -0.05) is 19.1 Å². The van der Waals surface area contributed by atoms with Gasteiger partial charge in [0.15, 0.2) is 0 Å². The van der Waals surface area contributed by atoms with Crippen molar-refractivity contribution in [2.75, 3.05) is 10.6 Å². The number of hydrogen-bond acceptors (Lipinski definition) is 3. The molecule has 0 fully saturated rings. The Morgan fingerprint density at radius 2 is 1.95 bits per heavy atom. The lowest BCUT2D eigenvalue weighted by molar-refractivity contribution is 0.0966. The minimum Gasteiger partial charge on any atom is -0.348 e. The average molecular weight is 523 g/mol. The molecule has 3 heterocycles. The maximum absolute atomic E-state index is 14.1. The van der Waals surface area contributed by atoms with E-state index in [1.165, 1.54) is 17.7 Å². The van der Waals surface area contributed by atoms with Crippen molar-refractivity contribution >= 4 is 45.1 Å². The standard InChI is InChI=1S/C30H27FN6O2/c1-3-12-37-24-11-8-16(33-30(39)34-23-7-5-4-6-21(23)31)13-18(24)26-19-14-32-29(38)27(19)25-17(28(26)37)9-10-22-20(25)15-36(2)35-22/h4-8,11,13,15H,3,9-10,12,14H2,1-2H3,(H,32,38)(H2,33,34,39). The molecule has 0 unspecified atom stereocenters. The van der Waals surface area contributed by atoms with Crippen LogP contribution >= 0.6 is 0 Å².